The topological polar surface area (TPSA) is 66.4 Å². The number of halogens is 1. The van der Waals surface area contributed by atoms with Gasteiger partial charge in [-0.25, -0.2) is 8.42 Å². The number of hydrogen-bond acceptors (Lipinski definition) is 4. The first-order valence-corrected chi connectivity index (χ1v) is 7.49. The largest absolute Gasteiger partial charge is 0.506 e. The van der Waals surface area contributed by atoms with Gasteiger partial charge in [0.2, 0.25) is 0 Å². The third-order valence-corrected chi connectivity index (χ3v) is 4.49. The summed E-state index contributed by atoms with van der Waals surface area (Å²) in [6.07, 6.45) is 0. The normalized spacial score (nSPS) is 13.4. The molecule has 0 saturated heterocycles. The number of phenolic OH excluding ortho intramolecular Hbond substituents is 1. The Kier molecular flexibility index (Phi) is 4.65. The Labute approximate surface area is 107 Å². The predicted molar refractivity (Wildman–Crippen MR) is 70.5 cm³/mol. The number of benzene rings is 1. The van der Waals surface area contributed by atoms with Gasteiger partial charge < -0.3 is 10.4 Å². The number of aromatic hydroxyl groups is 1. The molecule has 1 atom stereocenters. The maximum atomic E-state index is 11.4. The van der Waals surface area contributed by atoms with Gasteiger partial charge in [0.25, 0.3) is 0 Å². The molecule has 0 bridgehead atoms. The molecular formula is C11H16ClNO3S. The summed E-state index contributed by atoms with van der Waals surface area (Å²) >= 11 is 5.75. The van der Waals surface area contributed by atoms with Gasteiger partial charge in [-0.15, -0.1) is 0 Å². The van der Waals surface area contributed by atoms with Crippen LogP contribution >= 0.6 is 11.6 Å². The molecule has 0 aliphatic carbocycles. The number of phenols is 1. The standard InChI is InChI=1S/C11H16ClNO3S/c1-3-17(15,16)7-8(2)13-9-4-5-11(14)10(12)6-9/h4-6,8,13-14H,3,7H2,1-2H3. The zero-order valence-electron chi connectivity index (χ0n) is 9.77. The summed E-state index contributed by atoms with van der Waals surface area (Å²) in [5.41, 5.74) is 0.687. The lowest BCUT2D eigenvalue weighted by molar-refractivity contribution is 0.475. The van der Waals surface area contributed by atoms with Gasteiger partial charge in [0.15, 0.2) is 9.84 Å². The van der Waals surface area contributed by atoms with E-state index in [9.17, 15) is 13.5 Å². The van der Waals surface area contributed by atoms with Crippen LogP contribution in [-0.2, 0) is 9.84 Å². The number of nitrogens with one attached hydrogen (secondary N) is 1. The van der Waals surface area contributed by atoms with Crippen molar-refractivity contribution in [2.24, 2.45) is 0 Å². The summed E-state index contributed by atoms with van der Waals surface area (Å²) in [7, 11) is -3.00. The van der Waals surface area contributed by atoms with Gasteiger partial charge in [-0.1, -0.05) is 18.5 Å². The molecule has 17 heavy (non-hydrogen) atoms. The van der Waals surface area contributed by atoms with Gasteiger partial charge in [0.05, 0.1) is 10.8 Å². The Balaban J connectivity index is 2.68. The van der Waals surface area contributed by atoms with Gasteiger partial charge in [0.1, 0.15) is 5.75 Å². The highest BCUT2D eigenvalue weighted by Gasteiger charge is 2.13. The van der Waals surface area contributed by atoms with E-state index < -0.39 is 9.84 Å². The molecule has 1 unspecified atom stereocenters. The third kappa shape index (κ3) is 4.44. The smallest absolute Gasteiger partial charge is 0.152 e. The maximum absolute atomic E-state index is 11.4. The van der Waals surface area contributed by atoms with Crippen molar-refractivity contribution in [1.29, 1.82) is 0 Å². The van der Waals surface area contributed by atoms with E-state index >= 15 is 0 Å². The van der Waals surface area contributed by atoms with E-state index in [1.807, 2.05) is 0 Å². The van der Waals surface area contributed by atoms with E-state index in [2.05, 4.69) is 5.32 Å². The second-order valence-corrected chi connectivity index (χ2v) is 6.72. The summed E-state index contributed by atoms with van der Waals surface area (Å²) < 4.78 is 22.8. The molecule has 1 aromatic rings. The lowest BCUT2D eigenvalue weighted by atomic mass is 10.2. The Morgan fingerprint density at radius 1 is 1.47 bits per heavy atom. The highest BCUT2D eigenvalue weighted by atomic mass is 35.5. The molecule has 0 aromatic heterocycles. The molecule has 6 heteroatoms. The van der Waals surface area contributed by atoms with Crippen molar-refractivity contribution < 1.29 is 13.5 Å². The molecule has 96 valence electrons. The fourth-order valence-electron chi connectivity index (χ4n) is 1.42. The van der Waals surface area contributed by atoms with E-state index in [1.54, 1.807) is 26.0 Å². The van der Waals surface area contributed by atoms with Crippen molar-refractivity contribution in [3.05, 3.63) is 23.2 Å². The molecule has 2 N–H and O–H groups in total. The van der Waals surface area contributed by atoms with Crippen LogP contribution in [0.25, 0.3) is 0 Å². The fraction of sp³-hybridized carbons (Fsp3) is 0.455. The Hall–Kier alpha value is -0.940. The Bertz CT molecular complexity index is 487. The summed E-state index contributed by atoms with van der Waals surface area (Å²) in [5.74, 6) is 0.211. The van der Waals surface area contributed by atoms with Crippen molar-refractivity contribution in [1.82, 2.24) is 0 Å². The molecule has 4 nitrogen and oxygen atoms in total. The Morgan fingerprint density at radius 2 is 2.12 bits per heavy atom. The molecule has 0 aliphatic heterocycles. The molecule has 1 aromatic carbocycles. The van der Waals surface area contributed by atoms with E-state index in [0.29, 0.717) is 5.69 Å². The molecule has 0 aliphatic rings. The second kappa shape index (κ2) is 5.60. The minimum atomic E-state index is -3.00. The van der Waals surface area contributed by atoms with Crippen molar-refractivity contribution in [2.75, 3.05) is 16.8 Å². The first-order valence-electron chi connectivity index (χ1n) is 5.29. The summed E-state index contributed by atoms with van der Waals surface area (Å²) in [4.78, 5) is 0. The van der Waals surface area contributed by atoms with Crippen molar-refractivity contribution in [2.45, 2.75) is 19.9 Å². The summed E-state index contributed by atoms with van der Waals surface area (Å²) in [6.45, 7) is 3.41. The minimum absolute atomic E-state index is 0.00560. The molecular weight excluding hydrogens is 262 g/mol. The van der Waals surface area contributed by atoms with Crippen molar-refractivity contribution in [3.8, 4) is 5.75 Å². The quantitative estimate of drug-likeness (QED) is 0.811. The van der Waals surface area contributed by atoms with Crippen LogP contribution < -0.4 is 5.32 Å². The second-order valence-electron chi connectivity index (χ2n) is 3.91. The van der Waals surface area contributed by atoms with Crippen LogP contribution in [0.5, 0.6) is 5.75 Å². The van der Waals surface area contributed by atoms with Gasteiger partial charge in [-0.3, -0.25) is 0 Å². The van der Waals surface area contributed by atoms with Crippen LogP contribution in [0.1, 0.15) is 13.8 Å². The number of anilines is 1. The molecule has 0 spiro atoms. The first-order chi connectivity index (χ1) is 7.84. The summed E-state index contributed by atoms with van der Waals surface area (Å²) in [6, 6.07) is 4.47. The number of sulfone groups is 1. The van der Waals surface area contributed by atoms with Crippen LogP contribution in [0.3, 0.4) is 0 Å². The van der Waals surface area contributed by atoms with Crippen molar-refractivity contribution >= 4 is 27.1 Å². The predicted octanol–water partition coefficient (Wildman–Crippen LogP) is 2.28. The number of hydrogen-bond donors (Lipinski definition) is 2. The highest BCUT2D eigenvalue weighted by Crippen LogP contribution is 2.26. The third-order valence-electron chi connectivity index (χ3n) is 2.30. The SMILES string of the molecule is CCS(=O)(=O)CC(C)Nc1ccc(O)c(Cl)c1. The van der Waals surface area contributed by atoms with Crippen LogP contribution in [0.2, 0.25) is 5.02 Å². The zero-order valence-corrected chi connectivity index (χ0v) is 11.3. The van der Waals surface area contributed by atoms with Gasteiger partial charge in [-0.2, -0.15) is 0 Å². The maximum Gasteiger partial charge on any atom is 0.152 e. The monoisotopic (exact) mass is 277 g/mol. The molecule has 0 radical (unpaired) electrons. The molecule has 0 saturated carbocycles. The highest BCUT2D eigenvalue weighted by molar-refractivity contribution is 7.91. The van der Waals surface area contributed by atoms with Gasteiger partial charge in [0, 0.05) is 17.5 Å². The zero-order chi connectivity index (χ0) is 13.1. The molecule has 1 rings (SSSR count). The van der Waals surface area contributed by atoms with E-state index in [0.717, 1.165) is 0 Å². The summed E-state index contributed by atoms with van der Waals surface area (Å²) in [5, 5.41) is 12.5. The van der Waals surface area contributed by atoms with Crippen LogP contribution in [0.15, 0.2) is 18.2 Å². The van der Waals surface area contributed by atoms with E-state index in [4.69, 9.17) is 11.6 Å². The number of rotatable bonds is 5. The van der Waals surface area contributed by atoms with E-state index in [1.165, 1.54) is 6.07 Å². The molecule has 0 amide bonds. The Morgan fingerprint density at radius 3 is 2.65 bits per heavy atom. The van der Waals surface area contributed by atoms with Crippen LogP contribution in [-0.4, -0.2) is 31.1 Å². The van der Waals surface area contributed by atoms with E-state index in [-0.39, 0.29) is 28.3 Å². The van der Waals surface area contributed by atoms with Crippen molar-refractivity contribution in [3.63, 3.8) is 0 Å². The minimum Gasteiger partial charge on any atom is -0.506 e. The molecule has 0 fully saturated rings. The first kappa shape index (κ1) is 14.1. The van der Waals surface area contributed by atoms with Gasteiger partial charge in [-0.05, 0) is 25.1 Å². The lowest BCUT2D eigenvalue weighted by Gasteiger charge is -2.15. The van der Waals surface area contributed by atoms with Crippen LogP contribution in [0, 0.1) is 0 Å². The average molecular weight is 278 g/mol. The average Bonchev–Trinajstić information content (AvgIpc) is 2.23. The fourth-order valence-corrected chi connectivity index (χ4v) is 2.68. The van der Waals surface area contributed by atoms with Gasteiger partial charge >= 0.3 is 0 Å². The van der Waals surface area contributed by atoms with Crippen LogP contribution in [0.4, 0.5) is 5.69 Å². The molecule has 0 heterocycles. The lowest BCUT2D eigenvalue weighted by Crippen LogP contribution is -2.26.